The Balaban J connectivity index is 2.27. The summed E-state index contributed by atoms with van der Waals surface area (Å²) in [5.74, 6) is 0. The first-order chi connectivity index (χ1) is 9.63. The lowest BCUT2D eigenvalue weighted by atomic mass is 10.0. The molecule has 4 heteroatoms. The maximum absolute atomic E-state index is 11.8. The maximum atomic E-state index is 11.8. The molecule has 4 N–H and O–H groups in total. The standard InChI is InChI=1S/C16H27N3O/c1-3-4-10-15(13(2)17)19-16(20)18-12-11-14-8-6-5-7-9-14/h5-9,13,15H,3-4,10-12,17H2,1-2H3,(H2,18,19,20). The molecule has 0 aliphatic carbocycles. The minimum Gasteiger partial charge on any atom is -0.338 e. The Morgan fingerprint density at radius 2 is 2.00 bits per heavy atom. The highest BCUT2D eigenvalue weighted by atomic mass is 16.2. The smallest absolute Gasteiger partial charge is 0.315 e. The van der Waals surface area contributed by atoms with Gasteiger partial charge in [-0.15, -0.1) is 0 Å². The summed E-state index contributed by atoms with van der Waals surface area (Å²) in [6.45, 7) is 4.71. The molecule has 0 aliphatic heterocycles. The fourth-order valence-corrected chi connectivity index (χ4v) is 2.08. The fourth-order valence-electron chi connectivity index (χ4n) is 2.08. The van der Waals surface area contributed by atoms with Crippen LogP contribution in [-0.2, 0) is 6.42 Å². The van der Waals surface area contributed by atoms with Crippen LogP contribution in [0.25, 0.3) is 0 Å². The van der Waals surface area contributed by atoms with Crippen molar-refractivity contribution in [2.45, 2.75) is 51.6 Å². The summed E-state index contributed by atoms with van der Waals surface area (Å²) in [6, 6.07) is 10.0. The van der Waals surface area contributed by atoms with Gasteiger partial charge in [0.2, 0.25) is 0 Å². The van der Waals surface area contributed by atoms with Gasteiger partial charge in [-0.2, -0.15) is 0 Å². The zero-order chi connectivity index (χ0) is 14.8. The van der Waals surface area contributed by atoms with Crippen LogP contribution < -0.4 is 16.4 Å². The van der Waals surface area contributed by atoms with Gasteiger partial charge in [0.25, 0.3) is 0 Å². The molecule has 0 heterocycles. The van der Waals surface area contributed by atoms with Crippen LogP contribution in [0, 0.1) is 0 Å². The number of nitrogens with two attached hydrogens (primary N) is 1. The fraction of sp³-hybridized carbons (Fsp3) is 0.562. The first-order valence-corrected chi connectivity index (χ1v) is 7.47. The van der Waals surface area contributed by atoms with E-state index < -0.39 is 0 Å². The van der Waals surface area contributed by atoms with E-state index in [0.29, 0.717) is 6.54 Å². The zero-order valence-electron chi connectivity index (χ0n) is 12.6. The normalized spacial score (nSPS) is 13.6. The van der Waals surface area contributed by atoms with Crippen LogP contribution in [0.2, 0.25) is 0 Å². The van der Waals surface area contributed by atoms with Gasteiger partial charge in [0, 0.05) is 18.6 Å². The van der Waals surface area contributed by atoms with Gasteiger partial charge in [0.1, 0.15) is 0 Å². The number of amides is 2. The number of hydrogen-bond donors (Lipinski definition) is 3. The highest BCUT2D eigenvalue weighted by molar-refractivity contribution is 5.74. The van der Waals surface area contributed by atoms with Gasteiger partial charge in [-0.3, -0.25) is 0 Å². The predicted molar refractivity (Wildman–Crippen MR) is 83.6 cm³/mol. The Kier molecular flexibility index (Phi) is 7.73. The third kappa shape index (κ3) is 6.57. The van der Waals surface area contributed by atoms with Crippen LogP contribution in [-0.4, -0.2) is 24.7 Å². The van der Waals surface area contributed by atoms with Gasteiger partial charge in [-0.25, -0.2) is 4.79 Å². The molecule has 1 aromatic carbocycles. The van der Waals surface area contributed by atoms with Crippen LogP contribution in [0.3, 0.4) is 0 Å². The largest absolute Gasteiger partial charge is 0.338 e. The van der Waals surface area contributed by atoms with Gasteiger partial charge in [0.15, 0.2) is 0 Å². The van der Waals surface area contributed by atoms with Gasteiger partial charge >= 0.3 is 6.03 Å². The molecule has 0 bridgehead atoms. The number of carbonyl (C=O) groups excluding carboxylic acids is 1. The highest BCUT2D eigenvalue weighted by Gasteiger charge is 2.15. The summed E-state index contributed by atoms with van der Waals surface area (Å²) in [6.07, 6.45) is 3.96. The number of hydrogen-bond acceptors (Lipinski definition) is 2. The zero-order valence-corrected chi connectivity index (χ0v) is 12.6. The van der Waals surface area contributed by atoms with Crippen molar-refractivity contribution < 1.29 is 4.79 Å². The van der Waals surface area contributed by atoms with Gasteiger partial charge in [-0.1, -0.05) is 50.1 Å². The van der Waals surface area contributed by atoms with E-state index in [1.165, 1.54) is 5.56 Å². The topological polar surface area (TPSA) is 67.2 Å². The van der Waals surface area contributed by atoms with Crippen LogP contribution in [0.5, 0.6) is 0 Å². The van der Waals surface area contributed by atoms with Crippen molar-refractivity contribution in [1.29, 1.82) is 0 Å². The van der Waals surface area contributed by atoms with E-state index in [-0.39, 0.29) is 18.1 Å². The molecule has 112 valence electrons. The third-order valence-corrected chi connectivity index (χ3v) is 3.36. The van der Waals surface area contributed by atoms with Gasteiger partial charge in [0.05, 0.1) is 0 Å². The van der Waals surface area contributed by atoms with Crippen molar-refractivity contribution in [3.8, 4) is 0 Å². The summed E-state index contributed by atoms with van der Waals surface area (Å²) >= 11 is 0. The maximum Gasteiger partial charge on any atom is 0.315 e. The molecule has 2 unspecified atom stereocenters. The van der Waals surface area contributed by atoms with Crippen LogP contribution in [0.1, 0.15) is 38.7 Å². The van der Waals surface area contributed by atoms with Crippen LogP contribution >= 0.6 is 0 Å². The minimum atomic E-state index is -0.126. The Hall–Kier alpha value is -1.55. The molecule has 0 saturated heterocycles. The molecule has 0 aliphatic rings. The van der Waals surface area contributed by atoms with Crippen LogP contribution in [0.4, 0.5) is 4.79 Å². The molecule has 20 heavy (non-hydrogen) atoms. The molecular formula is C16H27N3O. The van der Waals surface area contributed by atoms with Crippen molar-refractivity contribution in [3.05, 3.63) is 35.9 Å². The summed E-state index contributed by atoms with van der Waals surface area (Å²) < 4.78 is 0. The molecule has 0 radical (unpaired) electrons. The van der Waals surface area contributed by atoms with Crippen molar-refractivity contribution >= 4 is 6.03 Å². The first kappa shape index (κ1) is 16.5. The number of nitrogens with one attached hydrogen (secondary N) is 2. The van der Waals surface area contributed by atoms with Crippen molar-refractivity contribution in [1.82, 2.24) is 10.6 Å². The first-order valence-electron chi connectivity index (χ1n) is 7.47. The highest BCUT2D eigenvalue weighted by Crippen LogP contribution is 2.03. The number of rotatable bonds is 8. The Morgan fingerprint density at radius 3 is 2.60 bits per heavy atom. The number of benzene rings is 1. The minimum absolute atomic E-state index is 0.0265. The second-order valence-electron chi connectivity index (χ2n) is 5.24. The van der Waals surface area contributed by atoms with E-state index in [4.69, 9.17) is 5.73 Å². The monoisotopic (exact) mass is 277 g/mol. The van der Waals surface area contributed by atoms with Crippen molar-refractivity contribution in [2.75, 3.05) is 6.54 Å². The number of unbranched alkanes of at least 4 members (excludes halogenated alkanes) is 1. The quantitative estimate of drug-likeness (QED) is 0.683. The molecule has 2 atom stereocenters. The molecule has 1 rings (SSSR count). The Morgan fingerprint density at radius 1 is 1.30 bits per heavy atom. The SMILES string of the molecule is CCCCC(NC(=O)NCCc1ccccc1)C(C)N. The molecule has 0 spiro atoms. The summed E-state index contributed by atoms with van der Waals surface area (Å²) in [5, 5.41) is 5.85. The number of carbonyl (C=O) groups is 1. The molecule has 2 amide bonds. The van der Waals surface area contributed by atoms with Gasteiger partial charge < -0.3 is 16.4 Å². The average Bonchev–Trinajstić information content (AvgIpc) is 2.44. The van der Waals surface area contributed by atoms with E-state index in [0.717, 1.165) is 25.7 Å². The summed E-state index contributed by atoms with van der Waals surface area (Å²) in [5.41, 5.74) is 7.13. The lowest BCUT2D eigenvalue weighted by molar-refractivity contribution is 0.234. The molecular weight excluding hydrogens is 250 g/mol. The Bertz CT molecular complexity index is 379. The van der Waals surface area contributed by atoms with E-state index >= 15 is 0 Å². The molecule has 4 nitrogen and oxygen atoms in total. The molecule has 0 saturated carbocycles. The van der Waals surface area contributed by atoms with E-state index in [2.05, 4.69) is 29.7 Å². The lowest BCUT2D eigenvalue weighted by Gasteiger charge is -2.22. The van der Waals surface area contributed by atoms with E-state index in [9.17, 15) is 4.79 Å². The predicted octanol–water partition coefficient (Wildman–Crippen LogP) is 2.43. The molecule has 0 aromatic heterocycles. The second kappa shape index (κ2) is 9.37. The summed E-state index contributed by atoms with van der Waals surface area (Å²) in [4.78, 5) is 11.8. The van der Waals surface area contributed by atoms with Crippen LogP contribution in [0.15, 0.2) is 30.3 Å². The Labute approximate surface area is 122 Å². The average molecular weight is 277 g/mol. The van der Waals surface area contributed by atoms with Crippen molar-refractivity contribution in [3.63, 3.8) is 0 Å². The summed E-state index contributed by atoms with van der Waals surface area (Å²) in [7, 11) is 0. The third-order valence-electron chi connectivity index (χ3n) is 3.36. The lowest BCUT2D eigenvalue weighted by Crippen LogP contribution is -2.50. The van der Waals surface area contributed by atoms with E-state index in [1.54, 1.807) is 0 Å². The molecule has 0 fully saturated rings. The second-order valence-corrected chi connectivity index (χ2v) is 5.24. The van der Waals surface area contributed by atoms with Crippen molar-refractivity contribution in [2.24, 2.45) is 5.73 Å². The number of urea groups is 1. The van der Waals surface area contributed by atoms with Gasteiger partial charge in [-0.05, 0) is 25.3 Å². The van der Waals surface area contributed by atoms with E-state index in [1.807, 2.05) is 25.1 Å². The molecule has 1 aromatic rings.